The van der Waals surface area contributed by atoms with Crippen molar-refractivity contribution in [2.75, 3.05) is 5.32 Å². The van der Waals surface area contributed by atoms with Crippen LogP contribution < -0.4 is 10.7 Å². The molecule has 29 heavy (non-hydrogen) atoms. The maximum atomic E-state index is 13.4. The third kappa shape index (κ3) is 4.90. The maximum absolute atomic E-state index is 13.4. The SMILES string of the molecule is CC(C)(C)N(NC(=O)c1cccs1)C(=O)c1ccccc1NC(=O)c1cccs1. The summed E-state index contributed by atoms with van der Waals surface area (Å²) in [6.07, 6.45) is 0. The number of benzene rings is 1. The zero-order valence-electron chi connectivity index (χ0n) is 16.3. The van der Waals surface area contributed by atoms with E-state index in [4.69, 9.17) is 0 Å². The Morgan fingerprint density at radius 1 is 0.828 bits per heavy atom. The van der Waals surface area contributed by atoms with E-state index in [-0.39, 0.29) is 11.8 Å². The Bertz CT molecular complexity index is 1010. The molecule has 2 N–H and O–H groups in total. The molecule has 2 aromatic heterocycles. The number of hydrogen-bond donors (Lipinski definition) is 2. The second-order valence-corrected chi connectivity index (χ2v) is 9.10. The third-order valence-corrected chi connectivity index (χ3v) is 5.72. The molecule has 0 aliphatic rings. The van der Waals surface area contributed by atoms with Gasteiger partial charge in [-0.05, 0) is 55.8 Å². The van der Waals surface area contributed by atoms with Gasteiger partial charge in [0.05, 0.1) is 26.5 Å². The minimum atomic E-state index is -0.686. The van der Waals surface area contributed by atoms with Crippen LogP contribution in [0.4, 0.5) is 5.69 Å². The van der Waals surface area contributed by atoms with Crippen LogP contribution in [0.25, 0.3) is 0 Å². The summed E-state index contributed by atoms with van der Waals surface area (Å²) in [5.41, 5.74) is 2.70. The Morgan fingerprint density at radius 2 is 1.41 bits per heavy atom. The van der Waals surface area contributed by atoms with Crippen LogP contribution in [0.2, 0.25) is 0 Å². The molecule has 0 spiro atoms. The lowest BCUT2D eigenvalue weighted by Crippen LogP contribution is -2.55. The first-order chi connectivity index (χ1) is 13.8. The van der Waals surface area contributed by atoms with Crippen molar-refractivity contribution in [1.29, 1.82) is 0 Å². The van der Waals surface area contributed by atoms with E-state index in [2.05, 4.69) is 10.7 Å². The van der Waals surface area contributed by atoms with Gasteiger partial charge in [-0.25, -0.2) is 5.01 Å². The van der Waals surface area contributed by atoms with Gasteiger partial charge >= 0.3 is 0 Å². The predicted octanol–water partition coefficient (Wildman–Crippen LogP) is 4.65. The van der Waals surface area contributed by atoms with Gasteiger partial charge in [0.15, 0.2) is 0 Å². The minimum Gasteiger partial charge on any atom is -0.321 e. The number of hydrazine groups is 1. The van der Waals surface area contributed by atoms with Gasteiger partial charge in [-0.1, -0.05) is 24.3 Å². The maximum Gasteiger partial charge on any atom is 0.279 e. The van der Waals surface area contributed by atoms with Crippen molar-refractivity contribution in [2.24, 2.45) is 0 Å². The minimum absolute atomic E-state index is 0.287. The van der Waals surface area contributed by atoms with E-state index in [1.807, 2.05) is 26.2 Å². The van der Waals surface area contributed by atoms with Gasteiger partial charge in [-0.3, -0.25) is 19.8 Å². The zero-order valence-corrected chi connectivity index (χ0v) is 17.9. The molecule has 6 nitrogen and oxygen atoms in total. The molecular formula is C21H21N3O3S2. The van der Waals surface area contributed by atoms with Crippen molar-refractivity contribution in [3.8, 4) is 0 Å². The van der Waals surface area contributed by atoms with E-state index in [0.717, 1.165) is 0 Å². The fourth-order valence-electron chi connectivity index (χ4n) is 2.58. The number of rotatable bonds is 4. The van der Waals surface area contributed by atoms with Gasteiger partial charge in [0, 0.05) is 0 Å². The average molecular weight is 428 g/mol. The average Bonchev–Trinajstić information content (AvgIpc) is 3.38. The normalized spacial score (nSPS) is 11.0. The Morgan fingerprint density at radius 3 is 1.97 bits per heavy atom. The molecule has 0 radical (unpaired) electrons. The molecule has 1 aromatic carbocycles. The Labute approximate surface area is 177 Å². The lowest BCUT2D eigenvalue weighted by atomic mass is 10.1. The Balaban J connectivity index is 1.88. The first kappa shape index (κ1) is 20.8. The number of nitrogens with one attached hydrogen (secondary N) is 2. The molecule has 0 unspecified atom stereocenters. The van der Waals surface area contributed by atoms with Gasteiger partial charge in [-0.2, -0.15) is 0 Å². The first-order valence-corrected chi connectivity index (χ1v) is 10.7. The number of nitrogens with zero attached hydrogens (tertiary/aromatic N) is 1. The van der Waals surface area contributed by atoms with E-state index >= 15 is 0 Å². The second kappa shape index (κ2) is 8.59. The van der Waals surface area contributed by atoms with E-state index < -0.39 is 11.4 Å². The molecule has 0 bridgehead atoms. The van der Waals surface area contributed by atoms with E-state index in [9.17, 15) is 14.4 Å². The lowest BCUT2D eigenvalue weighted by molar-refractivity contribution is 0.0361. The van der Waals surface area contributed by atoms with E-state index in [0.29, 0.717) is 21.0 Å². The number of thiophene rings is 2. The van der Waals surface area contributed by atoms with Gasteiger partial charge in [-0.15, -0.1) is 22.7 Å². The van der Waals surface area contributed by atoms with Crippen molar-refractivity contribution < 1.29 is 14.4 Å². The quantitative estimate of drug-likeness (QED) is 0.595. The van der Waals surface area contributed by atoms with Crippen LogP contribution in [0, 0.1) is 0 Å². The van der Waals surface area contributed by atoms with Gasteiger partial charge in [0.1, 0.15) is 0 Å². The second-order valence-electron chi connectivity index (χ2n) is 7.21. The van der Waals surface area contributed by atoms with Gasteiger partial charge < -0.3 is 5.32 Å². The van der Waals surface area contributed by atoms with Crippen LogP contribution in [0.15, 0.2) is 59.3 Å². The van der Waals surface area contributed by atoms with Crippen LogP contribution in [-0.2, 0) is 0 Å². The highest BCUT2D eigenvalue weighted by Crippen LogP contribution is 2.23. The molecule has 0 aliphatic heterocycles. The first-order valence-electron chi connectivity index (χ1n) is 8.90. The molecule has 3 amide bonds. The highest BCUT2D eigenvalue weighted by molar-refractivity contribution is 7.12. The zero-order chi connectivity index (χ0) is 21.0. The molecule has 150 valence electrons. The number of anilines is 1. The van der Waals surface area contributed by atoms with Gasteiger partial charge in [0.25, 0.3) is 17.7 Å². The highest BCUT2D eigenvalue weighted by Gasteiger charge is 2.31. The molecule has 0 saturated carbocycles. The predicted molar refractivity (Wildman–Crippen MR) is 116 cm³/mol. The molecule has 3 rings (SSSR count). The summed E-state index contributed by atoms with van der Waals surface area (Å²) in [6.45, 7) is 5.48. The van der Waals surface area contributed by atoms with Crippen LogP contribution in [0.1, 0.15) is 50.5 Å². The fraction of sp³-hybridized carbons (Fsp3) is 0.190. The van der Waals surface area contributed by atoms with Crippen molar-refractivity contribution in [2.45, 2.75) is 26.3 Å². The van der Waals surface area contributed by atoms with Crippen molar-refractivity contribution in [1.82, 2.24) is 10.4 Å². The summed E-state index contributed by atoms with van der Waals surface area (Å²) in [4.78, 5) is 39.4. The monoisotopic (exact) mass is 427 g/mol. The number of amides is 3. The molecular weight excluding hydrogens is 406 g/mol. The fourth-order valence-corrected chi connectivity index (χ4v) is 3.81. The van der Waals surface area contributed by atoms with Crippen LogP contribution in [0.3, 0.4) is 0 Å². The molecule has 0 atom stereocenters. The molecule has 3 aromatic rings. The van der Waals surface area contributed by atoms with Crippen molar-refractivity contribution in [3.05, 3.63) is 74.6 Å². The summed E-state index contributed by atoms with van der Waals surface area (Å²) >= 11 is 2.61. The summed E-state index contributed by atoms with van der Waals surface area (Å²) < 4.78 is 0. The smallest absolute Gasteiger partial charge is 0.279 e. The van der Waals surface area contributed by atoms with Crippen LogP contribution in [0.5, 0.6) is 0 Å². The topological polar surface area (TPSA) is 78.5 Å². The third-order valence-electron chi connectivity index (χ3n) is 3.98. The number of para-hydroxylation sites is 1. The lowest BCUT2D eigenvalue weighted by Gasteiger charge is -2.35. The van der Waals surface area contributed by atoms with Crippen LogP contribution in [-0.4, -0.2) is 28.3 Å². The standard InChI is InChI=1S/C21H21N3O3S2/c1-21(2,3)24(23-19(26)17-11-7-13-29-17)20(27)14-8-4-5-9-15(14)22-18(25)16-10-6-12-28-16/h4-13H,1-3H3,(H,22,25)(H,23,26). The number of hydrogen-bond acceptors (Lipinski definition) is 5. The van der Waals surface area contributed by atoms with E-state index in [1.54, 1.807) is 53.9 Å². The molecule has 0 aliphatic carbocycles. The van der Waals surface area contributed by atoms with Crippen LogP contribution >= 0.6 is 22.7 Å². The molecule has 0 saturated heterocycles. The summed E-state index contributed by atoms with van der Waals surface area (Å²) in [5, 5.41) is 7.70. The summed E-state index contributed by atoms with van der Waals surface area (Å²) in [5.74, 6) is -1.06. The molecule has 2 heterocycles. The van der Waals surface area contributed by atoms with E-state index in [1.165, 1.54) is 27.7 Å². The molecule has 8 heteroatoms. The largest absolute Gasteiger partial charge is 0.321 e. The highest BCUT2D eigenvalue weighted by atomic mass is 32.1. The number of carbonyl (C=O) groups excluding carboxylic acids is 3. The Hall–Kier alpha value is -2.97. The molecule has 0 fully saturated rings. The van der Waals surface area contributed by atoms with Gasteiger partial charge in [0.2, 0.25) is 0 Å². The number of carbonyl (C=O) groups is 3. The van der Waals surface area contributed by atoms with Crippen molar-refractivity contribution in [3.63, 3.8) is 0 Å². The summed E-state index contributed by atoms with van der Waals surface area (Å²) in [6, 6.07) is 13.7. The van der Waals surface area contributed by atoms with Crippen molar-refractivity contribution >= 4 is 46.1 Å². The summed E-state index contributed by atoms with van der Waals surface area (Å²) in [7, 11) is 0. The Kier molecular flexibility index (Phi) is 6.14.